The molecule has 0 aromatic heterocycles. The molecule has 0 bridgehead atoms. The molecule has 0 aromatic carbocycles. The number of hydrogen-bond acceptors (Lipinski definition) is 3. The van der Waals surface area contributed by atoms with Crippen LogP contribution in [-0.2, 0) is 4.79 Å². The van der Waals surface area contributed by atoms with E-state index in [4.69, 9.17) is 5.73 Å². The first-order valence-corrected chi connectivity index (χ1v) is 5.46. The van der Waals surface area contributed by atoms with Crippen LogP contribution in [0.1, 0.15) is 19.8 Å². The molecule has 0 spiro atoms. The van der Waals surface area contributed by atoms with Gasteiger partial charge in [0, 0.05) is 12.6 Å². The van der Waals surface area contributed by atoms with Gasteiger partial charge < -0.3 is 11.1 Å². The molecular formula is C10H19N3O. The zero-order valence-corrected chi connectivity index (χ0v) is 8.70. The molecule has 3 N–H and O–H groups in total. The Morgan fingerprint density at radius 3 is 2.79 bits per heavy atom. The number of primary amides is 1. The number of hydrogen-bond donors (Lipinski definition) is 2. The molecule has 3 unspecified atom stereocenters. The highest BCUT2D eigenvalue weighted by Crippen LogP contribution is 2.27. The molecule has 2 fully saturated rings. The number of rotatable bonds is 2. The van der Waals surface area contributed by atoms with Crippen LogP contribution in [0, 0.1) is 5.92 Å². The number of likely N-dealkylation sites (tertiary alicyclic amines) is 1. The summed E-state index contributed by atoms with van der Waals surface area (Å²) in [5, 5.41) is 3.37. The van der Waals surface area contributed by atoms with E-state index in [1.54, 1.807) is 0 Å². The van der Waals surface area contributed by atoms with E-state index in [0.717, 1.165) is 32.5 Å². The third-order valence-electron chi connectivity index (χ3n) is 3.56. The van der Waals surface area contributed by atoms with Gasteiger partial charge in [0.1, 0.15) is 0 Å². The first-order chi connectivity index (χ1) is 6.70. The molecule has 0 saturated carbocycles. The van der Waals surface area contributed by atoms with Crippen molar-refractivity contribution in [2.75, 3.05) is 19.6 Å². The van der Waals surface area contributed by atoms with Crippen molar-refractivity contribution in [3.63, 3.8) is 0 Å². The Kier molecular flexibility index (Phi) is 2.74. The lowest BCUT2D eigenvalue weighted by Gasteiger charge is -2.48. The van der Waals surface area contributed by atoms with Crippen molar-refractivity contribution in [2.24, 2.45) is 11.7 Å². The molecule has 1 amide bonds. The maximum absolute atomic E-state index is 11.1. The highest BCUT2D eigenvalue weighted by molar-refractivity contribution is 5.80. The minimum atomic E-state index is -0.151. The predicted octanol–water partition coefficient (Wildman–Crippen LogP) is -0.456. The van der Waals surface area contributed by atoms with Gasteiger partial charge in [-0.15, -0.1) is 0 Å². The zero-order chi connectivity index (χ0) is 10.1. The maximum Gasteiger partial charge on any atom is 0.234 e. The van der Waals surface area contributed by atoms with Gasteiger partial charge in [-0.3, -0.25) is 9.69 Å². The molecule has 0 aliphatic carbocycles. The quantitative estimate of drug-likeness (QED) is 0.630. The van der Waals surface area contributed by atoms with Crippen molar-refractivity contribution in [3.8, 4) is 0 Å². The Bertz CT molecular complexity index is 231. The molecule has 0 radical (unpaired) electrons. The summed E-state index contributed by atoms with van der Waals surface area (Å²) in [5.41, 5.74) is 5.34. The largest absolute Gasteiger partial charge is 0.368 e. The molecule has 2 heterocycles. The fourth-order valence-corrected chi connectivity index (χ4v) is 2.60. The maximum atomic E-state index is 11.1. The van der Waals surface area contributed by atoms with E-state index in [1.165, 1.54) is 0 Å². The summed E-state index contributed by atoms with van der Waals surface area (Å²) in [5.74, 6) is 0.480. The standard InChI is InChI=1S/C10H19N3O/c1-7-6-12-4-2-8(7)13-5-3-9(13)10(11)14/h7-9,12H,2-6H2,1H3,(H2,11,14). The molecule has 14 heavy (non-hydrogen) atoms. The molecule has 0 aromatic rings. The Morgan fingerprint density at radius 2 is 2.29 bits per heavy atom. The van der Waals surface area contributed by atoms with Crippen LogP contribution >= 0.6 is 0 Å². The van der Waals surface area contributed by atoms with Gasteiger partial charge >= 0.3 is 0 Å². The molecule has 2 rings (SSSR count). The van der Waals surface area contributed by atoms with Gasteiger partial charge in [0.2, 0.25) is 5.91 Å². The van der Waals surface area contributed by atoms with E-state index in [-0.39, 0.29) is 11.9 Å². The summed E-state index contributed by atoms with van der Waals surface area (Å²) in [4.78, 5) is 13.4. The van der Waals surface area contributed by atoms with Gasteiger partial charge in [-0.25, -0.2) is 0 Å². The van der Waals surface area contributed by atoms with Crippen molar-refractivity contribution >= 4 is 5.91 Å². The SMILES string of the molecule is CC1CNCCC1N1CCC1C(N)=O. The van der Waals surface area contributed by atoms with Crippen LogP contribution in [0.15, 0.2) is 0 Å². The number of nitrogens with zero attached hydrogens (tertiary/aromatic N) is 1. The van der Waals surface area contributed by atoms with E-state index in [9.17, 15) is 4.79 Å². The fraction of sp³-hybridized carbons (Fsp3) is 0.900. The van der Waals surface area contributed by atoms with Gasteiger partial charge in [0.25, 0.3) is 0 Å². The highest BCUT2D eigenvalue weighted by Gasteiger charge is 2.39. The first kappa shape index (κ1) is 9.93. The lowest BCUT2D eigenvalue weighted by molar-refractivity contribution is -0.130. The number of nitrogens with one attached hydrogen (secondary N) is 1. The zero-order valence-electron chi connectivity index (χ0n) is 8.70. The summed E-state index contributed by atoms with van der Waals surface area (Å²) in [6, 6.07) is 0.572. The van der Waals surface area contributed by atoms with E-state index < -0.39 is 0 Å². The van der Waals surface area contributed by atoms with Gasteiger partial charge in [-0.1, -0.05) is 6.92 Å². The number of amides is 1. The lowest BCUT2D eigenvalue weighted by atomic mass is 9.88. The van der Waals surface area contributed by atoms with E-state index in [2.05, 4.69) is 17.1 Å². The van der Waals surface area contributed by atoms with Crippen molar-refractivity contribution in [1.82, 2.24) is 10.2 Å². The topological polar surface area (TPSA) is 58.4 Å². The Labute approximate surface area is 84.8 Å². The van der Waals surface area contributed by atoms with Crippen LogP contribution in [0.4, 0.5) is 0 Å². The first-order valence-electron chi connectivity index (χ1n) is 5.46. The molecule has 2 aliphatic heterocycles. The van der Waals surface area contributed by atoms with Crippen molar-refractivity contribution in [1.29, 1.82) is 0 Å². The molecule has 4 heteroatoms. The number of nitrogens with two attached hydrogens (primary N) is 1. The molecule has 2 saturated heterocycles. The molecule has 80 valence electrons. The molecule has 4 nitrogen and oxygen atoms in total. The van der Waals surface area contributed by atoms with Crippen LogP contribution in [0.2, 0.25) is 0 Å². The number of carbonyl (C=O) groups excluding carboxylic acids is 1. The minimum absolute atomic E-state index is 0.0144. The summed E-state index contributed by atoms with van der Waals surface area (Å²) in [6.45, 7) is 5.42. The molecule has 3 atom stereocenters. The van der Waals surface area contributed by atoms with Crippen LogP contribution < -0.4 is 11.1 Å². The second-order valence-corrected chi connectivity index (χ2v) is 4.48. The molecular weight excluding hydrogens is 178 g/mol. The average Bonchev–Trinajstić information content (AvgIpc) is 2.05. The Hall–Kier alpha value is -0.610. The Morgan fingerprint density at radius 1 is 1.50 bits per heavy atom. The normalized spacial score (nSPS) is 39.1. The number of piperidine rings is 1. The van der Waals surface area contributed by atoms with E-state index >= 15 is 0 Å². The average molecular weight is 197 g/mol. The third-order valence-corrected chi connectivity index (χ3v) is 3.56. The fourth-order valence-electron chi connectivity index (χ4n) is 2.60. The number of carbonyl (C=O) groups is 1. The second-order valence-electron chi connectivity index (χ2n) is 4.48. The van der Waals surface area contributed by atoms with Crippen LogP contribution in [0.3, 0.4) is 0 Å². The Balaban J connectivity index is 1.96. The van der Waals surface area contributed by atoms with Gasteiger partial charge in [0.15, 0.2) is 0 Å². The van der Waals surface area contributed by atoms with Crippen molar-refractivity contribution in [3.05, 3.63) is 0 Å². The minimum Gasteiger partial charge on any atom is -0.368 e. The smallest absolute Gasteiger partial charge is 0.234 e. The monoisotopic (exact) mass is 197 g/mol. The summed E-state index contributed by atoms with van der Waals surface area (Å²) in [6.07, 6.45) is 2.09. The van der Waals surface area contributed by atoms with Crippen molar-refractivity contribution < 1.29 is 4.79 Å². The third kappa shape index (κ3) is 1.64. The summed E-state index contributed by atoms with van der Waals surface area (Å²) >= 11 is 0. The van der Waals surface area contributed by atoms with Crippen LogP contribution in [0.25, 0.3) is 0 Å². The van der Waals surface area contributed by atoms with Gasteiger partial charge in [-0.2, -0.15) is 0 Å². The lowest BCUT2D eigenvalue weighted by Crippen LogP contribution is -2.62. The van der Waals surface area contributed by atoms with Crippen LogP contribution in [0.5, 0.6) is 0 Å². The summed E-state index contributed by atoms with van der Waals surface area (Å²) < 4.78 is 0. The summed E-state index contributed by atoms with van der Waals surface area (Å²) in [7, 11) is 0. The molecule has 2 aliphatic rings. The van der Waals surface area contributed by atoms with Crippen molar-refractivity contribution in [2.45, 2.75) is 31.8 Å². The van der Waals surface area contributed by atoms with Gasteiger partial charge in [0.05, 0.1) is 6.04 Å². The highest BCUT2D eigenvalue weighted by atomic mass is 16.1. The second kappa shape index (κ2) is 3.87. The van der Waals surface area contributed by atoms with E-state index in [0.29, 0.717) is 12.0 Å². The van der Waals surface area contributed by atoms with E-state index in [1.807, 2.05) is 0 Å². The predicted molar refractivity (Wildman–Crippen MR) is 54.7 cm³/mol. The van der Waals surface area contributed by atoms with Gasteiger partial charge in [-0.05, 0) is 31.8 Å². The van der Waals surface area contributed by atoms with Crippen LogP contribution in [-0.4, -0.2) is 42.5 Å².